The largest absolute Gasteiger partial charge is 0.466 e. The van der Waals surface area contributed by atoms with E-state index in [1.54, 1.807) is 24.3 Å². The van der Waals surface area contributed by atoms with E-state index in [0.717, 1.165) is 32.1 Å². The standard InChI is InChI=1S/C24H37N3O6/c1-3-5-7-8-9-20(25-17-29)23(31)27-21(15-22(30)33-14-6-4-2)24(32)26-19-12-10-18(16-28)11-13-19/h10-13,17,20-21,28H,3-9,14-16H2,1-2H3,(H,25,29)(H,26,32)(H,27,31)/t20-,21-/m0/s1. The van der Waals surface area contributed by atoms with Crippen molar-refractivity contribution in [2.75, 3.05) is 11.9 Å². The number of hydrogen-bond acceptors (Lipinski definition) is 6. The zero-order valence-electron chi connectivity index (χ0n) is 19.6. The first-order chi connectivity index (χ1) is 15.9. The lowest BCUT2D eigenvalue weighted by Gasteiger charge is -2.22. The van der Waals surface area contributed by atoms with Crippen molar-refractivity contribution in [2.24, 2.45) is 0 Å². The molecule has 0 aliphatic heterocycles. The molecule has 0 saturated carbocycles. The summed E-state index contributed by atoms with van der Waals surface area (Å²) >= 11 is 0. The van der Waals surface area contributed by atoms with Crippen molar-refractivity contribution in [1.29, 1.82) is 0 Å². The van der Waals surface area contributed by atoms with Crippen LogP contribution < -0.4 is 16.0 Å². The molecule has 1 rings (SSSR count). The smallest absolute Gasteiger partial charge is 0.308 e. The summed E-state index contributed by atoms with van der Waals surface area (Å²) < 4.78 is 5.16. The third-order valence-electron chi connectivity index (χ3n) is 5.10. The minimum absolute atomic E-state index is 0.125. The van der Waals surface area contributed by atoms with Gasteiger partial charge < -0.3 is 25.8 Å². The van der Waals surface area contributed by atoms with Gasteiger partial charge in [0.05, 0.1) is 19.6 Å². The van der Waals surface area contributed by atoms with Crippen LogP contribution in [0, 0.1) is 0 Å². The lowest BCUT2D eigenvalue weighted by atomic mass is 10.1. The number of anilines is 1. The van der Waals surface area contributed by atoms with Crippen LogP contribution in [0.2, 0.25) is 0 Å². The van der Waals surface area contributed by atoms with Crippen LogP contribution in [0.4, 0.5) is 5.69 Å². The number of amides is 3. The van der Waals surface area contributed by atoms with Crippen LogP contribution in [0.15, 0.2) is 24.3 Å². The Morgan fingerprint density at radius 1 is 0.970 bits per heavy atom. The summed E-state index contributed by atoms with van der Waals surface area (Å²) in [5.74, 6) is -1.71. The van der Waals surface area contributed by atoms with E-state index in [2.05, 4.69) is 22.9 Å². The lowest BCUT2D eigenvalue weighted by Crippen LogP contribution is -2.52. The SMILES string of the molecule is CCCCCC[C@H](NC=O)C(=O)N[C@@H](CC(=O)OCCCC)C(=O)Nc1ccc(CO)cc1. The van der Waals surface area contributed by atoms with Gasteiger partial charge in [-0.2, -0.15) is 0 Å². The number of carbonyl (C=O) groups is 4. The summed E-state index contributed by atoms with van der Waals surface area (Å²) in [6.45, 7) is 4.16. The van der Waals surface area contributed by atoms with E-state index in [4.69, 9.17) is 9.84 Å². The second-order valence-electron chi connectivity index (χ2n) is 7.87. The fourth-order valence-corrected chi connectivity index (χ4v) is 3.11. The molecule has 9 heteroatoms. The minimum Gasteiger partial charge on any atom is -0.466 e. The lowest BCUT2D eigenvalue weighted by molar-refractivity contribution is -0.146. The summed E-state index contributed by atoms with van der Waals surface area (Å²) in [6.07, 6.45) is 5.87. The molecule has 0 aromatic heterocycles. The quantitative estimate of drug-likeness (QED) is 0.159. The molecule has 3 amide bonds. The maximum absolute atomic E-state index is 12.9. The van der Waals surface area contributed by atoms with Gasteiger partial charge in [-0.25, -0.2) is 0 Å². The van der Waals surface area contributed by atoms with Gasteiger partial charge in [0, 0.05) is 5.69 Å². The van der Waals surface area contributed by atoms with Gasteiger partial charge in [-0.1, -0.05) is 58.1 Å². The van der Waals surface area contributed by atoms with Crippen LogP contribution in [0.1, 0.15) is 70.8 Å². The number of aliphatic hydroxyl groups excluding tert-OH is 1. The summed E-state index contributed by atoms with van der Waals surface area (Å²) in [6, 6.07) is 4.58. The van der Waals surface area contributed by atoms with Crippen molar-refractivity contribution in [1.82, 2.24) is 10.6 Å². The Morgan fingerprint density at radius 2 is 1.67 bits per heavy atom. The number of benzene rings is 1. The fraction of sp³-hybridized carbons (Fsp3) is 0.583. The zero-order chi connectivity index (χ0) is 24.5. The number of nitrogens with one attached hydrogen (secondary N) is 3. The third-order valence-corrected chi connectivity index (χ3v) is 5.10. The number of unbranched alkanes of at least 4 members (excludes halogenated alkanes) is 4. The van der Waals surface area contributed by atoms with Crippen molar-refractivity contribution in [2.45, 2.75) is 83.9 Å². The molecule has 0 spiro atoms. The molecule has 9 nitrogen and oxygen atoms in total. The summed E-state index contributed by atoms with van der Waals surface area (Å²) in [5, 5.41) is 16.9. The number of carbonyl (C=O) groups excluding carboxylic acids is 4. The molecule has 0 saturated heterocycles. The van der Waals surface area contributed by atoms with Crippen molar-refractivity contribution in [3.63, 3.8) is 0 Å². The van der Waals surface area contributed by atoms with Crippen molar-refractivity contribution in [3.05, 3.63) is 29.8 Å². The van der Waals surface area contributed by atoms with E-state index in [-0.39, 0.29) is 19.6 Å². The average Bonchev–Trinajstić information content (AvgIpc) is 2.81. The monoisotopic (exact) mass is 463 g/mol. The Hall–Kier alpha value is -2.94. The molecule has 184 valence electrons. The Kier molecular flexibility index (Phi) is 14.2. The summed E-state index contributed by atoms with van der Waals surface area (Å²) in [7, 11) is 0. The van der Waals surface area contributed by atoms with Gasteiger partial charge in [0.15, 0.2) is 0 Å². The molecular weight excluding hydrogens is 426 g/mol. The highest BCUT2D eigenvalue weighted by atomic mass is 16.5. The van der Waals surface area contributed by atoms with E-state index < -0.39 is 29.9 Å². The van der Waals surface area contributed by atoms with Crippen LogP contribution >= 0.6 is 0 Å². The molecule has 1 aromatic carbocycles. The Labute approximate surface area is 195 Å². The predicted octanol–water partition coefficient (Wildman–Crippen LogP) is 2.42. The number of rotatable bonds is 17. The number of ether oxygens (including phenoxy) is 1. The number of aliphatic hydroxyl groups is 1. The van der Waals surface area contributed by atoms with Gasteiger partial charge in [-0.05, 0) is 30.5 Å². The highest BCUT2D eigenvalue weighted by molar-refractivity contribution is 6.00. The predicted molar refractivity (Wildman–Crippen MR) is 125 cm³/mol. The third kappa shape index (κ3) is 11.5. The minimum atomic E-state index is -1.17. The van der Waals surface area contributed by atoms with Crippen LogP contribution in [0.5, 0.6) is 0 Å². The second-order valence-corrected chi connectivity index (χ2v) is 7.87. The molecular formula is C24H37N3O6. The molecule has 0 radical (unpaired) electrons. The van der Waals surface area contributed by atoms with Crippen LogP contribution in [0.3, 0.4) is 0 Å². The van der Waals surface area contributed by atoms with Gasteiger partial charge in [0.1, 0.15) is 12.1 Å². The molecule has 0 fully saturated rings. The van der Waals surface area contributed by atoms with Crippen LogP contribution in [-0.4, -0.2) is 48.0 Å². The molecule has 0 aliphatic carbocycles. The Morgan fingerprint density at radius 3 is 2.27 bits per heavy atom. The molecule has 33 heavy (non-hydrogen) atoms. The van der Waals surface area contributed by atoms with Crippen molar-refractivity contribution >= 4 is 29.9 Å². The maximum atomic E-state index is 12.9. The van der Waals surface area contributed by atoms with E-state index in [0.29, 0.717) is 30.5 Å². The Balaban J connectivity index is 2.87. The summed E-state index contributed by atoms with van der Waals surface area (Å²) in [4.78, 5) is 48.9. The van der Waals surface area contributed by atoms with Crippen molar-refractivity contribution in [3.8, 4) is 0 Å². The average molecular weight is 464 g/mol. The first-order valence-corrected chi connectivity index (χ1v) is 11.6. The molecule has 4 N–H and O–H groups in total. The molecule has 0 aliphatic rings. The van der Waals surface area contributed by atoms with Gasteiger partial charge in [-0.3, -0.25) is 19.2 Å². The molecule has 2 atom stereocenters. The van der Waals surface area contributed by atoms with Crippen LogP contribution in [0.25, 0.3) is 0 Å². The second kappa shape index (κ2) is 16.7. The maximum Gasteiger partial charge on any atom is 0.308 e. The normalized spacial score (nSPS) is 12.3. The highest BCUT2D eigenvalue weighted by Crippen LogP contribution is 2.12. The van der Waals surface area contributed by atoms with Crippen molar-refractivity contribution < 1.29 is 29.0 Å². The molecule has 1 aromatic rings. The fourth-order valence-electron chi connectivity index (χ4n) is 3.11. The number of esters is 1. The summed E-state index contributed by atoms with van der Waals surface area (Å²) in [5.41, 5.74) is 1.14. The first kappa shape index (κ1) is 28.1. The van der Waals surface area contributed by atoms with E-state index in [1.807, 2.05) is 6.92 Å². The highest BCUT2D eigenvalue weighted by Gasteiger charge is 2.28. The zero-order valence-corrected chi connectivity index (χ0v) is 19.6. The first-order valence-electron chi connectivity index (χ1n) is 11.6. The molecule has 0 bridgehead atoms. The number of hydrogen-bond donors (Lipinski definition) is 4. The van der Waals surface area contributed by atoms with Gasteiger partial charge in [0.25, 0.3) is 0 Å². The van der Waals surface area contributed by atoms with Crippen LogP contribution in [-0.2, 0) is 30.5 Å². The molecule has 0 unspecified atom stereocenters. The topological polar surface area (TPSA) is 134 Å². The van der Waals surface area contributed by atoms with E-state index in [9.17, 15) is 19.2 Å². The van der Waals surface area contributed by atoms with E-state index >= 15 is 0 Å². The van der Waals surface area contributed by atoms with Gasteiger partial charge in [-0.15, -0.1) is 0 Å². The molecule has 0 heterocycles. The van der Waals surface area contributed by atoms with Gasteiger partial charge >= 0.3 is 5.97 Å². The Bertz CT molecular complexity index is 738. The van der Waals surface area contributed by atoms with Gasteiger partial charge in [0.2, 0.25) is 18.2 Å². The van der Waals surface area contributed by atoms with E-state index in [1.165, 1.54) is 0 Å².